The highest BCUT2D eigenvalue weighted by Crippen LogP contribution is 2.20. The first-order valence-corrected chi connectivity index (χ1v) is 7.97. The van der Waals surface area contributed by atoms with Crippen LogP contribution in [0.1, 0.15) is 24.2 Å². The highest BCUT2D eigenvalue weighted by molar-refractivity contribution is 5.78. The molecule has 3 rings (SSSR count). The fourth-order valence-corrected chi connectivity index (χ4v) is 3.07. The van der Waals surface area contributed by atoms with Crippen LogP contribution in [-0.4, -0.2) is 44.8 Å². The van der Waals surface area contributed by atoms with Gasteiger partial charge in [0.2, 0.25) is 0 Å². The smallest absolute Gasteiger partial charge is 0.260 e. The highest BCUT2D eigenvalue weighted by Gasteiger charge is 2.29. The van der Waals surface area contributed by atoms with Gasteiger partial charge in [0.25, 0.3) is 5.91 Å². The molecule has 0 saturated carbocycles. The molecule has 122 valence electrons. The normalized spacial score (nSPS) is 17.5. The lowest BCUT2D eigenvalue weighted by Gasteiger charge is -2.25. The number of carbonyl (C=O) groups is 1. The zero-order chi connectivity index (χ0) is 16.2. The molecule has 0 radical (unpaired) electrons. The molecule has 6 nitrogen and oxygen atoms in total. The molecule has 2 aromatic rings. The van der Waals surface area contributed by atoms with Crippen LogP contribution in [0.5, 0.6) is 5.75 Å². The van der Waals surface area contributed by atoms with E-state index in [-0.39, 0.29) is 18.6 Å². The van der Waals surface area contributed by atoms with Crippen molar-refractivity contribution in [1.29, 1.82) is 0 Å². The lowest BCUT2D eigenvalue weighted by atomic mass is 10.2. The predicted molar refractivity (Wildman–Crippen MR) is 86.2 cm³/mol. The second-order valence-electron chi connectivity index (χ2n) is 5.97. The van der Waals surface area contributed by atoms with Crippen molar-refractivity contribution >= 4 is 5.91 Å². The number of pyridine rings is 1. The SMILES string of the molecule is Cc1cc(C)n(C[C@@H]2CCCN2C(=O)COc2cccnc2)n1. The third kappa shape index (κ3) is 3.70. The number of hydrogen-bond acceptors (Lipinski definition) is 4. The molecule has 0 aromatic carbocycles. The number of aromatic nitrogens is 3. The lowest BCUT2D eigenvalue weighted by Crippen LogP contribution is -2.41. The molecule has 1 saturated heterocycles. The first-order chi connectivity index (χ1) is 11.1. The predicted octanol–water partition coefficient (Wildman–Crippen LogP) is 1.96. The maximum Gasteiger partial charge on any atom is 0.260 e. The van der Waals surface area contributed by atoms with E-state index in [2.05, 4.69) is 16.1 Å². The van der Waals surface area contributed by atoms with Crippen molar-refractivity contribution in [3.05, 3.63) is 42.0 Å². The van der Waals surface area contributed by atoms with E-state index in [1.807, 2.05) is 23.4 Å². The van der Waals surface area contributed by atoms with Gasteiger partial charge in [0.05, 0.1) is 24.5 Å². The van der Waals surface area contributed by atoms with Crippen LogP contribution < -0.4 is 4.74 Å². The molecule has 23 heavy (non-hydrogen) atoms. The quantitative estimate of drug-likeness (QED) is 0.846. The summed E-state index contributed by atoms with van der Waals surface area (Å²) in [7, 11) is 0. The number of ether oxygens (including phenoxy) is 1. The lowest BCUT2D eigenvalue weighted by molar-refractivity contribution is -0.134. The van der Waals surface area contributed by atoms with Gasteiger partial charge in [0.1, 0.15) is 5.75 Å². The number of rotatable bonds is 5. The van der Waals surface area contributed by atoms with Crippen LogP contribution >= 0.6 is 0 Å². The van der Waals surface area contributed by atoms with Gasteiger partial charge in [-0.05, 0) is 44.9 Å². The van der Waals surface area contributed by atoms with Crippen LogP contribution in [0.2, 0.25) is 0 Å². The molecule has 1 aliphatic rings. The summed E-state index contributed by atoms with van der Waals surface area (Å²) in [4.78, 5) is 18.4. The maximum absolute atomic E-state index is 12.5. The summed E-state index contributed by atoms with van der Waals surface area (Å²) in [6.07, 6.45) is 5.34. The summed E-state index contributed by atoms with van der Waals surface area (Å²) < 4.78 is 7.52. The molecule has 1 aliphatic heterocycles. The van der Waals surface area contributed by atoms with Crippen LogP contribution in [-0.2, 0) is 11.3 Å². The van der Waals surface area contributed by atoms with Gasteiger partial charge in [-0.1, -0.05) is 0 Å². The molecule has 2 aromatic heterocycles. The first-order valence-electron chi connectivity index (χ1n) is 7.97. The Balaban J connectivity index is 1.59. The van der Waals surface area contributed by atoms with Gasteiger partial charge in [0.15, 0.2) is 6.61 Å². The molecule has 6 heteroatoms. The summed E-state index contributed by atoms with van der Waals surface area (Å²) in [5.74, 6) is 0.646. The van der Waals surface area contributed by atoms with Crippen molar-refractivity contribution in [2.24, 2.45) is 0 Å². The van der Waals surface area contributed by atoms with Gasteiger partial charge in [-0.25, -0.2) is 0 Å². The number of nitrogens with zero attached hydrogens (tertiary/aromatic N) is 4. The molecule has 1 fully saturated rings. The Kier molecular flexibility index (Phi) is 4.60. The van der Waals surface area contributed by atoms with E-state index in [4.69, 9.17) is 4.74 Å². The highest BCUT2D eigenvalue weighted by atomic mass is 16.5. The van der Waals surface area contributed by atoms with E-state index in [9.17, 15) is 4.79 Å². The van der Waals surface area contributed by atoms with Crippen molar-refractivity contribution in [3.63, 3.8) is 0 Å². The summed E-state index contributed by atoms with van der Waals surface area (Å²) >= 11 is 0. The van der Waals surface area contributed by atoms with Crippen LogP contribution in [0, 0.1) is 13.8 Å². The molecular weight excluding hydrogens is 292 g/mol. The molecule has 0 spiro atoms. The summed E-state index contributed by atoms with van der Waals surface area (Å²) in [6.45, 7) is 5.63. The van der Waals surface area contributed by atoms with Crippen LogP contribution in [0.25, 0.3) is 0 Å². The van der Waals surface area contributed by atoms with E-state index in [0.717, 1.165) is 37.3 Å². The second kappa shape index (κ2) is 6.81. The molecule has 0 unspecified atom stereocenters. The van der Waals surface area contributed by atoms with Crippen molar-refractivity contribution in [2.75, 3.05) is 13.2 Å². The zero-order valence-corrected chi connectivity index (χ0v) is 13.6. The molecular formula is C17H22N4O2. The molecule has 0 bridgehead atoms. The molecule has 0 N–H and O–H groups in total. The minimum Gasteiger partial charge on any atom is -0.482 e. The molecule has 1 amide bonds. The summed E-state index contributed by atoms with van der Waals surface area (Å²) in [5, 5.41) is 4.50. The van der Waals surface area contributed by atoms with Gasteiger partial charge < -0.3 is 9.64 Å². The monoisotopic (exact) mass is 314 g/mol. The third-order valence-corrected chi connectivity index (χ3v) is 4.18. The van der Waals surface area contributed by atoms with Gasteiger partial charge in [-0.3, -0.25) is 14.5 Å². The van der Waals surface area contributed by atoms with Crippen LogP contribution in [0.15, 0.2) is 30.6 Å². The van der Waals surface area contributed by atoms with E-state index < -0.39 is 0 Å². The largest absolute Gasteiger partial charge is 0.482 e. The standard InChI is InChI=1S/C17H22N4O2/c1-13-9-14(2)21(19-13)11-15-5-4-8-20(15)17(22)12-23-16-6-3-7-18-10-16/h3,6-7,9-10,15H,4-5,8,11-12H2,1-2H3/t15-/m0/s1. The van der Waals surface area contributed by atoms with Crippen molar-refractivity contribution in [3.8, 4) is 5.75 Å². The second-order valence-corrected chi connectivity index (χ2v) is 5.97. The number of aryl methyl sites for hydroxylation is 2. The Morgan fingerprint density at radius 1 is 1.43 bits per heavy atom. The topological polar surface area (TPSA) is 60.2 Å². The Labute approximate surface area is 136 Å². The number of hydrogen-bond donors (Lipinski definition) is 0. The van der Waals surface area contributed by atoms with Crippen LogP contribution in [0.3, 0.4) is 0 Å². The molecule has 3 heterocycles. The Morgan fingerprint density at radius 2 is 2.30 bits per heavy atom. The van der Waals surface area contributed by atoms with Crippen molar-refractivity contribution in [2.45, 2.75) is 39.3 Å². The van der Waals surface area contributed by atoms with E-state index in [1.54, 1.807) is 24.5 Å². The van der Waals surface area contributed by atoms with E-state index in [1.165, 1.54) is 0 Å². The van der Waals surface area contributed by atoms with E-state index >= 15 is 0 Å². The van der Waals surface area contributed by atoms with Gasteiger partial charge in [-0.2, -0.15) is 5.10 Å². The summed E-state index contributed by atoms with van der Waals surface area (Å²) in [6, 6.07) is 5.85. The Hall–Kier alpha value is -2.37. The Morgan fingerprint density at radius 3 is 3.00 bits per heavy atom. The van der Waals surface area contributed by atoms with E-state index in [0.29, 0.717) is 5.75 Å². The maximum atomic E-state index is 12.5. The zero-order valence-electron chi connectivity index (χ0n) is 13.6. The fraction of sp³-hybridized carbons (Fsp3) is 0.471. The van der Waals surface area contributed by atoms with Crippen molar-refractivity contribution in [1.82, 2.24) is 19.7 Å². The average Bonchev–Trinajstić information content (AvgIpc) is 3.13. The first kappa shape index (κ1) is 15.5. The number of amides is 1. The third-order valence-electron chi connectivity index (χ3n) is 4.18. The average molecular weight is 314 g/mol. The minimum atomic E-state index is 0.0258. The van der Waals surface area contributed by atoms with Gasteiger partial charge in [-0.15, -0.1) is 0 Å². The Bertz CT molecular complexity index is 668. The number of likely N-dealkylation sites (tertiary alicyclic amines) is 1. The summed E-state index contributed by atoms with van der Waals surface area (Å²) in [5.41, 5.74) is 2.15. The molecule has 0 aliphatic carbocycles. The van der Waals surface area contributed by atoms with Gasteiger partial charge >= 0.3 is 0 Å². The minimum absolute atomic E-state index is 0.0258. The van der Waals surface area contributed by atoms with Gasteiger partial charge in [0, 0.05) is 18.4 Å². The fourth-order valence-electron chi connectivity index (χ4n) is 3.07. The van der Waals surface area contributed by atoms with Crippen molar-refractivity contribution < 1.29 is 9.53 Å². The molecule has 1 atom stereocenters. The number of carbonyl (C=O) groups excluding carboxylic acids is 1. The van der Waals surface area contributed by atoms with Crippen LogP contribution in [0.4, 0.5) is 0 Å².